The number of hydrogen-bond donors (Lipinski definition) is 2. The Morgan fingerprint density at radius 3 is 2.34 bits per heavy atom. The van der Waals surface area contributed by atoms with Crippen molar-refractivity contribution in [3.63, 3.8) is 0 Å². The number of benzene rings is 2. The molecule has 0 saturated heterocycles. The van der Waals surface area contributed by atoms with Crippen LogP contribution in [0.3, 0.4) is 0 Å². The van der Waals surface area contributed by atoms with Gasteiger partial charge in [0.05, 0.1) is 12.1 Å². The van der Waals surface area contributed by atoms with E-state index in [1.807, 2.05) is 32.0 Å². The third kappa shape index (κ3) is 9.48. The SMILES string of the molecule is CCCN(CC(=O)Nc1ccccc1C)C(=O)COC(=O)c1cccc(NC(=O)OC(C)(C)C)c1. The zero-order valence-electron chi connectivity index (χ0n) is 20.8. The lowest BCUT2D eigenvalue weighted by Gasteiger charge is -2.22. The van der Waals surface area contributed by atoms with Gasteiger partial charge in [0.1, 0.15) is 5.60 Å². The van der Waals surface area contributed by atoms with Crippen molar-refractivity contribution < 1.29 is 28.7 Å². The van der Waals surface area contributed by atoms with Gasteiger partial charge in [0.25, 0.3) is 5.91 Å². The molecule has 9 heteroatoms. The standard InChI is InChI=1S/C26H33N3O6/c1-6-14-29(16-22(30)28-21-13-8-7-10-18(21)2)23(31)17-34-24(32)19-11-9-12-20(15-19)27-25(33)35-26(3,4)5/h7-13,15H,6,14,16-17H2,1-5H3,(H,27,33)(H,28,30). The van der Waals surface area contributed by atoms with Gasteiger partial charge in [-0.05, 0) is 63.9 Å². The molecule has 0 radical (unpaired) electrons. The number of rotatable bonds is 9. The van der Waals surface area contributed by atoms with Gasteiger partial charge >= 0.3 is 12.1 Å². The fourth-order valence-corrected chi connectivity index (χ4v) is 3.09. The average molecular weight is 484 g/mol. The summed E-state index contributed by atoms with van der Waals surface area (Å²) in [6.07, 6.45) is -0.0206. The van der Waals surface area contributed by atoms with E-state index in [-0.39, 0.29) is 18.0 Å². The average Bonchev–Trinajstić information content (AvgIpc) is 2.77. The first-order chi connectivity index (χ1) is 16.5. The second kappa shape index (κ2) is 12.5. The molecule has 0 aromatic heterocycles. The van der Waals surface area contributed by atoms with E-state index in [0.717, 1.165) is 5.56 Å². The number of aryl methyl sites for hydroxylation is 1. The molecule has 35 heavy (non-hydrogen) atoms. The van der Waals surface area contributed by atoms with Crippen molar-refractivity contribution >= 4 is 35.3 Å². The maximum atomic E-state index is 12.7. The van der Waals surface area contributed by atoms with Gasteiger partial charge in [-0.1, -0.05) is 31.2 Å². The predicted molar refractivity (Wildman–Crippen MR) is 133 cm³/mol. The van der Waals surface area contributed by atoms with Crippen molar-refractivity contribution in [2.24, 2.45) is 0 Å². The van der Waals surface area contributed by atoms with E-state index < -0.39 is 30.2 Å². The highest BCUT2D eigenvalue weighted by Crippen LogP contribution is 2.15. The highest BCUT2D eigenvalue weighted by molar-refractivity contribution is 5.96. The molecule has 2 rings (SSSR count). The number of nitrogens with one attached hydrogen (secondary N) is 2. The summed E-state index contributed by atoms with van der Waals surface area (Å²) in [4.78, 5) is 50.9. The quantitative estimate of drug-likeness (QED) is 0.512. The molecule has 0 aliphatic rings. The minimum Gasteiger partial charge on any atom is -0.452 e. The van der Waals surface area contributed by atoms with Gasteiger partial charge in [-0.15, -0.1) is 0 Å². The number of amides is 3. The lowest BCUT2D eigenvalue weighted by Crippen LogP contribution is -2.40. The van der Waals surface area contributed by atoms with Crippen LogP contribution in [0.1, 0.15) is 50.0 Å². The molecule has 0 fully saturated rings. The van der Waals surface area contributed by atoms with Crippen molar-refractivity contribution in [3.05, 3.63) is 59.7 Å². The Bertz CT molecular complexity index is 1060. The van der Waals surface area contributed by atoms with Crippen LogP contribution in [-0.4, -0.2) is 54.1 Å². The number of nitrogens with zero attached hydrogens (tertiary/aromatic N) is 1. The van der Waals surface area contributed by atoms with E-state index in [9.17, 15) is 19.2 Å². The van der Waals surface area contributed by atoms with Crippen LogP contribution in [0.2, 0.25) is 0 Å². The van der Waals surface area contributed by atoms with E-state index in [1.165, 1.54) is 17.0 Å². The van der Waals surface area contributed by atoms with Gasteiger partial charge in [-0.2, -0.15) is 0 Å². The van der Waals surface area contributed by atoms with Crippen LogP contribution in [0.5, 0.6) is 0 Å². The Labute approximate surface area is 205 Å². The highest BCUT2D eigenvalue weighted by atomic mass is 16.6. The fraction of sp³-hybridized carbons (Fsp3) is 0.385. The van der Waals surface area contributed by atoms with Crippen molar-refractivity contribution in [1.82, 2.24) is 4.90 Å². The smallest absolute Gasteiger partial charge is 0.412 e. The minimum atomic E-state index is -0.730. The van der Waals surface area contributed by atoms with E-state index in [0.29, 0.717) is 24.3 Å². The van der Waals surface area contributed by atoms with Crippen LogP contribution in [-0.2, 0) is 19.1 Å². The lowest BCUT2D eigenvalue weighted by atomic mass is 10.2. The number of hydrogen-bond acceptors (Lipinski definition) is 6. The van der Waals surface area contributed by atoms with Gasteiger partial charge < -0.3 is 19.7 Å². The molecule has 9 nitrogen and oxygen atoms in total. The van der Waals surface area contributed by atoms with E-state index in [1.54, 1.807) is 39.0 Å². The number of carbonyl (C=O) groups is 4. The Morgan fingerprint density at radius 2 is 1.69 bits per heavy atom. The summed E-state index contributed by atoms with van der Waals surface area (Å²) in [5, 5.41) is 5.35. The summed E-state index contributed by atoms with van der Waals surface area (Å²) in [5.41, 5.74) is 1.42. The molecule has 0 spiro atoms. The van der Waals surface area contributed by atoms with Crippen LogP contribution in [0, 0.1) is 6.92 Å². The number of esters is 1. The summed E-state index contributed by atoms with van der Waals surface area (Å²) in [6.45, 7) is 8.65. The first kappa shape index (κ1) is 27.4. The number of carbonyl (C=O) groups excluding carboxylic acids is 4. The third-order valence-corrected chi connectivity index (χ3v) is 4.67. The van der Waals surface area contributed by atoms with Gasteiger partial charge in [0.2, 0.25) is 5.91 Å². The van der Waals surface area contributed by atoms with Gasteiger partial charge in [-0.25, -0.2) is 9.59 Å². The van der Waals surface area contributed by atoms with Crippen molar-refractivity contribution in [2.75, 3.05) is 30.3 Å². The molecule has 0 bridgehead atoms. The second-order valence-electron chi connectivity index (χ2n) is 8.96. The number of ether oxygens (including phenoxy) is 2. The highest BCUT2D eigenvalue weighted by Gasteiger charge is 2.20. The summed E-state index contributed by atoms with van der Waals surface area (Å²) in [7, 11) is 0. The lowest BCUT2D eigenvalue weighted by molar-refractivity contribution is -0.137. The molecule has 0 atom stereocenters. The summed E-state index contributed by atoms with van der Waals surface area (Å²) < 4.78 is 10.4. The van der Waals surface area contributed by atoms with E-state index >= 15 is 0 Å². The molecular formula is C26H33N3O6. The summed E-state index contributed by atoms with van der Waals surface area (Å²) in [6, 6.07) is 13.5. The van der Waals surface area contributed by atoms with Crippen LogP contribution in [0.25, 0.3) is 0 Å². The molecule has 2 aromatic rings. The third-order valence-electron chi connectivity index (χ3n) is 4.67. The summed E-state index contributed by atoms with van der Waals surface area (Å²) >= 11 is 0. The summed E-state index contributed by atoms with van der Waals surface area (Å²) in [5.74, 6) is -1.55. The second-order valence-corrected chi connectivity index (χ2v) is 8.96. The topological polar surface area (TPSA) is 114 Å². The first-order valence-electron chi connectivity index (χ1n) is 11.4. The van der Waals surface area contributed by atoms with E-state index in [4.69, 9.17) is 9.47 Å². The Balaban J connectivity index is 1.94. The zero-order valence-corrected chi connectivity index (χ0v) is 20.8. The van der Waals surface area contributed by atoms with Crippen LogP contribution in [0.15, 0.2) is 48.5 Å². The molecule has 0 heterocycles. The van der Waals surface area contributed by atoms with Crippen LogP contribution < -0.4 is 10.6 Å². The zero-order chi connectivity index (χ0) is 26.0. The largest absolute Gasteiger partial charge is 0.452 e. The molecule has 0 saturated carbocycles. The van der Waals surface area contributed by atoms with Crippen molar-refractivity contribution in [2.45, 2.75) is 46.6 Å². The Morgan fingerprint density at radius 1 is 0.971 bits per heavy atom. The van der Waals surface area contributed by atoms with Crippen molar-refractivity contribution in [1.29, 1.82) is 0 Å². The first-order valence-corrected chi connectivity index (χ1v) is 11.4. The Kier molecular flexibility index (Phi) is 9.81. The van der Waals surface area contributed by atoms with Gasteiger partial charge in [0.15, 0.2) is 6.61 Å². The Hall–Kier alpha value is -3.88. The molecule has 3 amide bonds. The number of para-hydroxylation sites is 1. The normalized spacial score (nSPS) is 10.8. The molecule has 0 unspecified atom stereocenters. The maximum Gasteiger partial charge on any atom is 0.412 e. The molecule has 2 aromatic carbocycles. The fourth-order valence-electron chi connectivity index (χ4n) is 3.09. The van der Waals surface area contributed by atoms with Crippen LogP contribution >= 0.6 is 0 Å². The van der Waals surface area contributed by atoms with Crippen molar-refractivity contribution in [3.8, 4) is 0 Å². The van der Waals surface area contributed by atoms with Crippen LogP contribution in [0.4, 0.5) is 16.2 Å². The van der Waals surface area contributed by atoms with Gasteiger partial charge in [-0.3, -0.25) is 14.9 Å². The molecular weight excluding hydrogens is 450 g/mol. The molecule has 2 N–H and O–H groups in total. The molecule has 0 aliphatic carbocycles. The monoisotopic (exact) mass is 483 g/mol. The maximum absolute atomic E-state index is 12.7. The predicted octanol–water partition coefficient (Wildman–Crippen LogP) is 4.38. The van der Waals surface area contributed by atoms with Gasteiger partial charge in [0, 0.05) is 17.9 Å². The number of anilines is 2. The van der Waals surface area contributed by atoms with E-state index in [2.05, 4.69) is 10.6 Å². The molecule has 188 valence electrons. The molecule has 0 aliphatic heterocycles. The minimum absolute atomic E-state index is 0.158.